The third-order valence-corrected chi connectivity index (χ3v) is 5.30. The highest BCUT2D eigenvalue weighted by molar-refractivity contribution is 5.91. The van der Waals surface area contributed by atoms with E-state index in [9.17, 15) is 9.90 Å². The molecule has 0 bridgehead atoms. The van der Waals surface area contributed by atoms with E-state index in [4.69, 9.17) is 4.74 Å². The Morgan fingerprint density at radius 3 is 3.00 bits per heavy atom. The zero-order valence-electron chi connectivity index (χ0n) is 11.0. The van der Waals surface area contributed by atoms with E-state index in [1.54, 1.807) is 0 Å². The van der Waals surface area contributed by atoms with Crippen molar-refractivity contribution in [3.05, 3.63) is 23.8 Å². The highest BCUT2D eigenvalue weighted by atomic mass is 16.6. The molecule has 2 aliphatic carbocycles. The zero-order valence-corrected chi connectivity index (χ0v) is 11.0. The third-order valence-electron chi connectivity index (χ3n) is 5.30. The third kappa shape index (κ3) is 1.37. The molecular formula is C15H20O3. The highest BCUT2D eigenvalue weighted by Gasteiger charge is 2.57. The van der Waals surface area contributed by atoms with Gasteiger partial charge in [-0.15, -0.1) is 0 Å². The van der Waals surface area contributed by atoms with Crippen molar-refractivity contribution in [1.29, 1.82) is 0 Å². The van der Waals surface area contributed by atoms with Gasteiger partial charge >= 0.3 is 5.97 Å². The lowest BCUT2D eigenvalue weighted by atomic mass is 9.55. The molecule has 98 valence electrons. The first-order chi connectivity index (χ1) is 8.45. The predicted octanol–water partition coefficient (Wildman–Crippen LogP) is 2.21. The van der Waals surface area contributed by atoms with Gasteiger partial charge in [-0.05, 0) is 26.2 Å². The summed E-state index contributed by atoms with van der Waals surface area (Å²) in [5, 5.41) is 10.3. The number of hydrogen-bond acceptors (Lipinski definition) is 3. The number of esters is 1. The first kappa shape index (κ1) is 12.0. The summed E-state index contributed by atoms with van der Waals surface area (Å²) < 4.78 is 5.54. The Kier molecular flexibility index (Phi) is 2.46. The van der Waals surface area contributed by atoms with Gasteiger partial charge in [0.25, 0.3) is 0 Å². The largest absolute Gasteiger partial charge is 0.458 e. The summed E-state index contributed by atoms with van der Waals surface area (Å²) in [5.41, 5.74) is 1.71. The maximum Gasteiger partial charge on any atom is 0.334 e. The SMILES string of the molecule is C=C1C(=O)O[C@@H]2[C@H]3C(C)=CC[C@@H](O)[C@]3(C)CC[C@@H]12. The van der Waals surface area contributed by atoms with Crippen molar-refractivity contribution in [3.63, 3.8) is 0 Å². The van der Waals surface area contributed by atoms with Crippen LogP contribution in [0.3, 0.4) is 0 Å². The Morgan fingerprint density at radius 1 is 1.56 bits per heavy atom. The van der Waals surface area contributed by atoms with E-state index in [1.165, 1.54) is 5.57 Å². The van der Waals surface area contributed by atoms with Gasteiger partial charge in [-0.1, -0.05) is 25.2 Å². The van der Waals surface area contributed by atoms with Gasteiger partial charge in [0.1, 0.15) is 6.10 Å². The minimum Gasteiger partial charge on any atom is -0.458 e. The van der Waals surface area contributed by atoms with Gasteiger partial charge in [0.15, 0.2) is 0 Å². The molecule has 3 aliphatic rings. The number of hydrogen-bond donors (Lipinski definition) is 1. The van der Waals surface area contributed by atoms with Crippen LogP contribution in [0.4, 0.5) is 0 Å². The van der Waals surface area contributed by atoms with Crippen molar-refractivity contribution >= 4 is 5.97 Å². The Bertz CT molecular complexity index is 451. The van der Waals surface area contributed by atoms with Gasteiger partial charge in [0, 0.05) is 22.8 Å². The first-order valence-corrected chi connectivity index (χ1v) is 6.69. The fraction of sp³-hybridized carbons (Fsp3) is 0.667. The first-order valence-electron chi connectivity index (χ1n) is 6.69. The van der Waals surface area contributed by atoms with Crippen LogP contribution < -0.4 is 0 Å². The minimum atomic E-state index is -0.334. The van der Waals surface area contributed by atoms with Crippen LogP contribution in [0.25, 0.3) is 0 Å². The van der Waals surface area contributed by atoms with Crippen molar-refractivity contribution in [2.45, 2.75) is 45.3 Å². The molecule has 18 heavy (non-hydrogen) atoms. The van der Waals surface area contributed by atoms with Crippen molar-refractivity contribution in [3.8, 4) is 0 Å². The summed E-state index contributed by atoms with van der Waals surface area (Å²) >= 11 is 0. The highest BCUT2D eigenvalue weighted by Crippen LogP contribution is 2.56. The molecule has 0 aromatic carbocycles. The van der Waals surface area contributed by atoms with E-state index in [2.05, 4.69) is 26.5 Å². The van der Waals surface area contributed by atoms with Crippen molar-refractivity contribution in [2.75, 3.05) is 0 Å². The zero-order chi connectivity index (χ0) is 13.1. The summed E-state index contributed by atoms with van der Waals surface area (Å²) in [7, 11) is 0. The maximum atomic E-state index is 11.7. The lowest BCUT2D eigenvalue weighted by molar-refractivity contribution is -0.149. The summed E-state index contributed by atoms with van der Waals surface area (Å²) in [5.74, 6) is 0.0366. The molecule has 0 aromatic heterocycles. The Hall–Kier alpha value is -1.09. The van der Waals surface area contributed by atoms with E-state index in [0.717, 1.165) is 12.8 Å². The van der Waals surface area contributed by atoms with E-state index < -0.39 is 0 Å². The van der Waals surface area contributed by atoms with Gasteiger partial charge in [0.2, 0.25) is 0 Å². The van der Waals surface area contributed by atoms with Crippen LogP contribution in [-0.4, -0.2) is 23.3 Å². The molecule has 0 spiro atoms. The molecule has 3 rings (SSSR count). The van der Waals surface area contributed by atoms with Crippen LogP contribution >= 0.6 is 0 Å². The van der Waals surface area contributed by atoms with Gasteiger partial charge < -0.3 is 9.84 Å². The summed E-state index contributed by atoms with van der Waals surface area (Å²) in [6, 6.07) is 0. The van der Waals surface area contributed by atoms with Crippen LogP contribution in [0.2, 0.25) is 0 Å². The topological polar surface area (TPSA) is 46.5 Å². The summed E-state index contributed by atoms with van der Waals surface area (Å²) in [6.45, 7) is 8.09. The molecule has 1 saturated carbocycles. The second kappa shape index (κ2) is 3.70. The van der Waals surface area contributed by atoms with Gasteiger partial charge in [-0.3, -0.25) is 0 Å². The smallest absolute Gasteiger partial charge is 0.334 e. The second-order valence-corrected chi connectivity index (χ2v) is 6.22. The van der Waals surface area contributed by atoms with Crippen molar-refractivity contribution < 1.29 is 14.6 Å². The number of carbonyl (C=O) groups is 1. The standard InChI is InChI=1S/C15H20O3/c1-8-4-5-11(16)15(3)7-6-10-9(2)14(17)18-13(10)12(8)15/h4,10-13,16H,2,5-7H2,1,3H3/t10-,11+,12+,13-,15-/m0/s1. The Morgan fingerprint density at radius 2 is 2.28 bits per heavy atom. The lowest BCUT2D eigenvalue weighted by Crippen LogP contribution is -2.52. The van der Waals surface area contributed by atoms with Gasteiger partial charge in [-0.25, -0.2) is 4.79 Å². The molecule has 1 N–H and O–H groups in total. The molecule has 1 aliphatic heterocycles. The number of ether oxygens (including phenoxy) is 1. The monoisotopic (exact) mass is 248 g/mol. The Labute approximate surface area is 108 Å². The normalized spacial score (nSPS) is 47.2. The van der Waals surface area contributed by atoms with E-state index >= 15 is 0 Å². The Balaban J connectivity index is 2.03. The van der Waals surface area contributed by atoms with Crippen molar-refractivity contribution in [2.24, 2.45) is 17.3 Å². The van der Waals surface area contributed by atoms with E-state index in [0.29, 0.717) is 12.0 Å². The number of aliphatic hydroxyl groups is 1. The quantitative estimate of drug-likeness (QED) is 0.406. The number of fused-ring (bicyclic) bond motifs is 3. The molecule has 0 unspecified atom stereocenters. The second-order valence-electron chi connectivity index (χ2n) is 6.22. The number of carbonyl (C=O) groups excluding carboxylic acids is 1. The van der Waals surface area contributed by atoms with E-state index in [1.807, 2.05) is 0 Å². The average Bonchev–Trinajstić information content (AvgIpc) is 2.60. The molecule has 1 heterocycles. The van der Waals surface area contributed by atoms with Gasteiger partial charge in [0.05, 0.1) is 6.10 Å². The average molecular weight is 248 g/mol. The van der Waals surface area contributed by atoms with Crippen LogP contribution in [-0.2, 0) is 9.53 Å². The van der Waals surface area contributed by atoms with Crippen LogP contribution in [0, 0.1) is 17.3 Å². The fourth-order valence-corrected chi connectivity index (χ4v) is 4.11. The number of aliphatic hydroxyl groups excluding tert-OH is 1. The molecule has 2 fully saturated rings. The fourth-order valence-electron chi connectivity index (χ4n) is 4.11. The molecular weight excluding hydrogens is 228 g/mol. The molecule has 0 radical (unpaired) electrons. The number of rotatable bonds is 0. The summed E-state index contributed by atoms with van der Waals surface area (Å²) in [4.78, 5) is 11.7. The minimum absolute atomic E-state index is 0.116. The van der Waals surface area contributed by atoms with Crippen LogP contribution in [0.5, 0.6) is 0 Å². The summed E-state index contributed by atoms with van der Waals surface area (Å²) in [6.07, 6.45) is 4.18. The lowest BCUT2D eigenvalue weighted by Gasteiger charge is -2.51. The predicted molar refractivity (Wildman–Crippen MR) is 67.7 cm³/mol. The molecule has 5 atom stereocenters. The van der Waals surface area contributed by atoms with Crippen molar-refractivity contribution in [1.82, 2.24) is 0 Å². The molecule has 3 nitrogen and oxygen atoms in total. The maximum absolute atomic E-state index is 11.7. The molecule has 1 saturated heterocycles. The van der Waals surface area contributed by atoms with E-state index in [-0.39, 0.29) is 35.4 Å². The molecule has 0 aromatic rings. The van der Waals surface area contributed by atoms with Gasteiger partial charge in [-0.2, -0.15) is 0 Å². The molecule has 3 heteroatoms. The van der Waals surface area contributed by atoms with Crippen LogP contribution in [0.15, 0.2) is 23.8 Å². The van der Waals surface area contributed by atoms with Crippen LogP contribution in [0.1, 0.15) is 33.1 Å². The molecule has 0 amide bonds.